The van der Waals surface area contributed by atoms with E-state index in [1.807, 2.05) is 6.07 Å². The summed E-state index contributed by atoms with van der Waals surface area (Å²) in [6.07, 6.45) is 4.36. The van der Waals surface area contributed by atoms with Gasteiger partial charge in [0.15, 0.2) is 0 Å². The van der Waals surface area contributed by atoms with Crippen LogP contribution in [0.5, 0.6) is 0 Å². The Morgan fingerprint density at radius 2 is 2.13 bits per heavy atom. The van der Waals surface area contributed by atoms with Gasteiger partial charge in [0, 0.05) is 6.54 Å². The topological polar surface area (TPSA) is 41.6 Å². The molecule has 80 valence electrons. The van der Waals surface area contributed by atoms with Crippen molar-refractivity contribution in [2.24, 2.45) is 10.9 Å². The van der Waals surface area contributed by atoms with Crippen LogP contribution < -0.4 is 5.84 Å². The summed E-state index contributed by atoms with van der Waals surface area (Å²) < 4.78 is 0. The number of likely N-dealkylation sites (tertiary alicyclic amines) is 1. The highest BCUT2D eigenvalue weighted by Gasteiger charge is 2.11. The third-order valence-corrected chi connectivity index (χ3v) is 2.78. The summed E-state index contributed by atoms with van der Waals surface area (Å²) in [5.41, 5.74) is 2.42. The van der Waals surface area contributed by atoms with Crippen molar-refractivity contribution in [3.05, 3.63) is 35.4 Å². The van der Waals surface area contributed by atoms with E-state index in [-0.39, 0.29) is 0 Å². The number of nitrogens with zero attached hydrogens (tertiary/aromatic N) is 2. The van der Waals surface area contributed by atoms with Gasteiger partial charge >= 0.3 is 0 Å². The van der Waals surface area contributed by atoms with Gasteiger partial charge in [-0.1, -0.05) is 18.2 Å². The summed E-state index contributed by atoms with van der Waals surface area (Å²) in [5, 5.41) is 3.54. The van der Waals surface area contributed by atoms with Crippen molar-refractivity contribution in [2.75, 3.05) is 13.1 Å². The summed E-state index contributed by atoms with van der Waals surface area (Å²) in [6.45, 7) is 3.51. The van der Waals surface area contributed by atoms with Crippen molar-refractivity contribution in [1.82, 2.24) is 4.90 Å². The Balaban J connectivity index is 2.03. The number of hydrogen-bond donors (Lipinski definition) is 1. The minimum atomic E-state index is 1.05. The molecule has 1 aliphatic heterocycles. The standard InChI is InChI=1S/C12H17N3/c13-14-9-11-4-3-5-12(8-11)10-15-6-1-2-7-15/h3-5,8-9H,1-2,6-7,10,13H2. The maximum Gasteiger partial charge on any atom is 0.0538 e. The summed E-state index contributed by atoms with van der Waals surface area (Å²) in [6, 6.07) is 8.38. The maximum absolute atomic E-state index is 5.13. The van der Waals surface area contributed by atoms with Crippen molar-refractivity contribution < 1.29 is 0 Å². The highest BCUT2D eigenvalue weighted by molar-refractivity contribution is 5.79. The molecule has 2 N–H and O–H groups in total. The van der Waals surface area contributed by atoms with E-state index in [1.54, 1.807) is 6.21 Å². The second-order valence-electron chi connectivity index (χ2n) is 4.01. The maximum atomic E-state index is 5.13. The quantitative estimate of drug-likeness (QED) is 0.460. The Kier molecular flexibility index (Phi) is 3.35. The molecule has 1 saturated heterocycles. The average Bonchev–Trinajstić information content (AvgIpc) is 2.71. The minimum absolute atomic E-state index is 1.05. The van der Waals surface area contributed by atoms with Gasteiger partial charge in [0.1, 0.15) is 0 Å². The first-order chi connectivity index (χ1) is 7.38. The Morgan fingerprint density at radius 3 is 2.87 bits per heavy atom. The van der Waals surface area contributed by atoms with Gasteiger partial charge in [0.05, 0.1) is 6.21 Å². The van der Waals surface area contributed by atoms with E-state index >= 15 is 0 Å². The fourth-order valence-electron chi connectivity index (χ4n) is 2.06. The first-order valence-electron chi connectivity index (χ1n) is 5.43. The fraction of sp³-hybridized carbons (Fsp3) is 0.417. The first kappa shape index (κ1) is 10.2. The molecule has 1 aromatic carbocycles. The average molecular weight is 203 g/mol. The van der Waals surface area contributed by atoms with E-state index in [0.717, 1.165) is 12.1 Å². The SMILES string of the molecule is NN=Cc1cccc(CN2CCCC2)c1. The summed E-state index contributed by atoms with van der Waals surface area (Å²) >= 11 is 0. The Hall–Kier alpha value is -1.35. The molecule has 0 atom stereocenters. The van der Waals surface area contributed by atoms with Crippen LogP contribution in [-0.4, -0.2) is 24.2 Å². The molecule has 1 aliphatic rings. The third-order valence-electron chi connectivity index (χ3n) is 2.78. The second kappa shape index (κ2) is 4.94. The molecule has 3 heteroatoms. The highest BCUT2D eigenvalue weighted by Crippen LogP contribution is 2.13. The molecule has 0 amide bonds. The lowest BCUT2D eigenvalue weighted by Crippen LogP contribution is -2.18. The summed E-state index contributed by atoms with van der Waals surface area (Å²) in [7, 11) is 0. The van der Waals surface area contributed by atoms with Crippen LogP contribution in [0.25, 0.3) is 0 Å². The van der Waals surface area contributed by atoms with E-state index in [1.165, 1.54) is 31.5 Å². The Morgan fingerprint density at radius 1 is 1.33 bits per heavy atom. The number of hydrogen-bond acceptors (Lipinski definition) is 3. The molecule has 0 bridgehead atoms. The third kappa shape index (κ3) is 2.80. The molecule has 1 heterocycles. The number of nitrogens with two attached hydrogens (primary N) is 1. The zero-order valence-corrected chi connectivity index (χ0v) is 8.89. The number of hydrazone groups is 1. The van der Waals surface area contributed by atoms with Gasteiger partial charge in [-0.05, 0) is 43.1 Å². The first-order valence-corrected chi connectivity index (χ1v) is 5.43. The smallest absolute Gasteiger partial charge is 0.0538 e. The molecule has 0 spiro atoms. The lowest BCUT2D eigenvalue weighted by atomic mass is 10.1. The molecule has 3 nitrogen and oxygen atoms in total. The van der Waals surface area contributed by atoms with Crippen molar-refractivity contribution in [2.45, 2.75) is 19.4 Å². The monoisotopic (exact) mass is 203 g/mol. The van der Waals surface area contributed by atoms with Crippen LogP contribution in [0.3, 0.4) is 0 Å². The van der Waals surface area contributed by atoms with Crippen LogP contribution in [0.2, 0.25) is 0 Å². The lowest BCUT2D eigenvalue weighted by molar-refractivity contribution is 0.331. The van der Waals surface area contributed by atoms with Crippen molar-refractivity contribution in [3.63, 3.8) is 0 Å². The predicted octanol–water partition coefficient (Wildman–Crippen LogP) is 1.58. The van der Waals surface area contributed by atoms with Crippen molar-refractivity contribution in [3.8, 4) is 0 Å². The Labute approximate surface area is 90.6 Å². The van der Waals surface area contributed by atoms with Gasteiger partial charge in [-0.25, -0.2) is 0 Å². The van der Waals surface area contributed by atoms with Crippen LogP contribution in [0.4, 0.5) is 0 Å². The van der Waals surface area contributed by atoms with Gasteiger partial charge in [0.2, 0.25) is 0 Å². The van der Waals surface area contributed by atoms with Gasteiger partial charge in [-0.3, -0.25) is 4.90 Å². The molecule has 0 unspecified atom stereocenters. The zero-order chi connectivity index (χ0) is 10.5. The van der Waals surface area contributed by atoms with Crippen LogP contribution in [0, 0.1) is 0 Å². The molecule has 1 aromatic rings. The molecule has 0 aliphatic carbocycles. The summed E-state index contributed by atoms with van der Waals surface area (Å²) in [5.74, 6) is 5.13. The van der Waals surface area contributed by atoms with Crippen LogP contribution in [0.1, 0.15) is 24.0 Å². The summed E-state index contributed by atoms with van der Waals surface area (Å²) in [4.78, 5) is 2.48. The predicted molar refractivity (Wildman–Crippen MR) is 62.7 cm³/mol. The zero-order valence-electron chi connectivity index (χ0n) is 8.89. The van der Waals surface area contributed by atoms with Gasteiger partial charge in [0.25, 0.3) is 0 Å². The van der Waals surface area contributed by atoms with Gasteiger partial charge in [-0.2, -0.15) is 5.10 Å². The van der Waals surface area contributed by atoms with Crippen molar-refractivity contribution in [1.29, 1.82) is 0 Å². The molecule has 15 heavy (non-hydrogen) atoms. The van der Waals surface area contributed by atoms with Crippen molar-refractivity contribution >= 4 is 6.21 Å². The number of rotatable bonds is 3. The van der Waals surface area contributed by atoms with E-state index in [4.69, 9.17) is 5.84 Å². The van der Waals surface area contributed by atoms with Gasteiger partial charge in [-0.15, -0.1) is 0 Å². The normalized spacial score (nSPS) is 17.6. The molecule has 0 aromatic heterocycles. The fourth-order valence-corrected chi connectivity index (χ4v) is 2.06. The molecule has 1 fully saturated rings. The van der Waals surface area contributed by atoms with Crippen LogP contribution in [-0.2, 0) is 6.54 Å². The van der Waals surface area contributed by atoms with E-state index < -0.39 is 0 Å². The largest absolute Gasteiger partial charge is 0.323 e. The second-order valence-corrected chi connectivity index (χ2v) is 4.01. The highest BCUT2D eigenvalue weighted by atomic mass is 15.1. The lowest BCUT2D eigenvalue weighted by Gasteiger charge is -2.14. The van der Waals surface area contributed by atoms with Crippen LogP contribution in [0.15, 0.2) is 29.4 Å². The van der Waals surface area contributed by atoms with Gasteiger partial charge < -0.3 is 5.84 Å². The molecule has 0 saturated carbocycles. The minimum Gasteiger partial charge on any atom is -0.323 e. The van der Waals surface area contributed by atoms with Crippen LogP contribution >= 0.6 is 0 Å². The molecular weight excluding hydrogens is 186 g/mol. The number of benzene rings is 1. The van der Waals surface area contributed by atoms with E-state index in [9.17, 15) is 0 Å². The van der Waals surface area contributed by atoms with E-state index in [2.05, 4.69) is 28.2 Å². The van der Waals surface area contributed by atoms with E-state index in [0.29, 0.717) is 0 Å². The molecule has 2 rings (SSSR count). The Bertz CT molecular complexity index is 340. The molecule has 0 radical (unpaired) electrons. The molecular formula is C12H17N3.